The molecule has 0 unspecified atom stereocenters. The molecule has 0 amide bonds. The van der Waals surface area contributed by atoms with E-state index in [2.05, 4.69) is 26.8 Å². The van der Waals surface area contributed by atoms with Gasteiger partial charge in [-0.2, -0.15) is 0 Å². The molecule has 4 rings (SSSR count). The van der Waals surface area contributed by atoms with E-state index in [4.69, 9.17) is 4.42 Å². The van der Waals surface area contributed by atoms with E-state index in [1.165, 1.54) is 0 Å². The van der Waals surface area contributed by atoms with Crippen LogP contribution in [-0.4, -0.2) is 15.0 Å². The Morgan fingerprint density at radius 3 is 2.55 bits per heavy atom. The molecular weight excluding hydrogens is 374 g/mol. The van der Waals surface area contributed by atoms with Gasteiger partial charge in [-0.3, -0.25) is 4.98 Å². The van der Waals surface area contributed by atoms with Crippen LogP contribution in [0, 0.1) is 18.6 Å². The van der Waals surface area contributed by atoms with Gasteiger partial charge in [-0.1, -0.05) is 13.5 Å². The minimum Gasteiger partial charge on any atom is -0.441 e. The van der Waals surface area contributed by atoms with Gasteiger partial charge < -0.3 is 9.73 Å². The SMILES string of the molecule is C=C(Nc1ccc(-c2cc3nc(CC)oc3cc2C)cn1)c1c(F)cncc1F. The van der Waals surface area contributed by atoms with Gasteiger partial charge in [-0.05, 0) is 42.3 Å². The van der Waals surface area contributed by atoms with Crippen molar-refractivity contribution >= 4 is 22.6 Å². The van der Waals surface area contributed by atoms with E-state index in [1.807, 2.05) is 32.0 Å². The number of aromatic nitrogens is 3. The summed E-state index contributed by atoms with van der Waals surface area (Å²) < 4.78 is 33.4. The molecule has 0 radical (unpaired) electrons. The lowest BCUT2D eigenvalue weighted by Gasteiger charge is -2.11. The number of pyridine rings is 2. The summed E-state index contributed by atoms with van der Waals surface area (Å²) >= 11 is 0. The lowest BCUT2D eigenvalue weighted by atomic mass is 10.0. The molecule has 7 heteroatoms. The Balaban J connectivity index is 1.60. The standard InChI is InChI=1S/C22H18F2N4O/c1-4-21-28-18-8-15(12(2)7-19(18)29-21)14-5-6-20(26-9-14)27-13(3)22-16(23)10-25-11-17(22)24/h5-11H,3-4H2,1-2H3,(H,26,27). The van der Waals surface area contributed by atoms with Crippen LogP contribution in [0.5, 0.6) is 0 Å². The van der Waals surface area contributed by atoms with Gasteiger partial charge in [0.25, 0.3) is 0 Å². The topological polar surface area (TPSA) is 63.8 Å². The highest BCUT2D eigenvalue weighted by molar-refractivity contribution is 5.83. The summed E-state index contributed by atoms with van der Waals surface area (Å²) in [6.07, 6.45) is 4.29. The molecule has 3 aromatic heterocycles. The quantitative estimate of drug-likeness (QED) is 0.485. The van der Waals surface area contributed by atoms with Crippen LogP contribution in [0.3, 0.4) is 0 Å². The maximum Gasteiger partial charge on any atom is 0.195 e. The van der Waals surface area contributed by atoms with Gasteiger partial charge in [0.2, 0.25) is 0 Å². The third-order valence-corrected chi connectivity index (χ3v) is 4.59. The van der Waals surface area contributed by atoms with Crippen LogP contribution in [0.4, 0.5) is 14.6 Å². The molecule has 0 spiro atoms. The Bertz CT molecular complexity index is 1200. The van der Waals surface area contributed by atoms with Crippen molar-refractivity contribution in [2.24, 2.45) is 0 Å². The first-order chi connectivity index (χ1) is 14.0. The van der Waals surface area contributed by atoms with Crippen molar-refractivity contribution in [3.63, 3.8) is 0 Å². The fourth-order valence-corrected chi connectivity index (χ4v) is 3.13. The van der Waals surface area contributed by atoms with Crippen LogP contribution in [0.15, 0.2) is 53.9 Å². The van der Waals surface area contributed by atoms with E-state index >= 15 is 0 Å². The van der Waals surface area contributed by atoms with Crippen LogP contribution < -0.4 is 5.32 Å². The number of nitrogens with zero attached hydrogens (tertiary/aromatic N) is 3. The van der Waals surface area contributed by atoms with Crippen LogP contribution in [0.25, 0.3) is 27.9 Å². The van der Waals surface area contributed by atoms with E-state index in [9.17, 15) is 8.78 Å². The summed E-state index contributed by atoms with van der Waals surface area (Å²) in [5.41, 5.74) is 4.26. The average molecular weight is 392 g/mol. The number of anilines is 1. The number of hydrogen-bond acceptors (Lipinski definition) is 5. The number of oxazole rings is 1. The second-order valence-corrected chi connectivity index (χ2v) is 6.61. The highest BCUT2D eigenvalue weighted by Crippen LogP contribution is 2.29. The number of fused-ring (bicyclic) bond motifs is 1. The Labute approximate surface area is 166 Å². The third-order valence-electron chi connectivity index (χ3n) is 4.59. The molecule has 29 heavy (non-hydrogen) atoms. The molecule has 0 atom stereocenters. The fraction of sp³-hybridized carbons (Fsp3) is 0.136. The number of hydrogen-bond donors (Lipinski definition) is 1. The number of nitrogens with one attached hydrogen (secondary N) is 1. The molecule has 0 aliphatic carbocycles. The van der Waals surface area contributed by atoms with Gasteiger partial charge >= 0.3 is 0 Å². The molecule has 0 fully saturated rings. The minimum absolute atomic E-state index is 0.0648. The largest absolute Gasteiger partial charge is 0.441 e. The first-order valence-electron chi connectivity index (χ1n) is 9.08. The summed E-state index contributed by atoms with van der Waals surface area (Å²) in [6, 6.07) is 7.52. The molecule has 3 heterocycles. The van der Waals surface area contributed by atoms with Gasteiger partial charge in [-0.15, -0.1) is 0 Å². The molecule has 1 N–H and O–H groups in total. The molecule has 0 aliphatic heterocycles. The summed E-state index contributed by atoms with van der Waals surface area (Å²) in [4.78, 5) is 12.3. The van der Waals surface area contributed by atoms with Crippen molar-refractivity contribution in [2.45, 2.75) is 20.3 Å². The van der Waals surface area contributed by atoms with Gasteiger partial charge in [0, 0.05) is 23.9 Å². The predicted molar refractivity (Wildman–Crippen MR) is 108 cm³/mol. The highest BCUT2D eigenvalue weighted by atomic mass is 19.1. The molecule has 4 aromatic rings. The molecule has 1 aromatic carbocycles. The van der Waals surface area contributed by atoms with Crippen LogP contribution in [0.1, 0.15) is 23.9 Å². The normalized spacial score (nSPS) is 11.0. The molecule has 0 aliphatic rings. The Morgan fingerprint density at radius 2 is 1.90 bits per heavy atom. The van der Waals surface area contributed by atoms with E-state index in [1.54, 1.807) is 12.3 Å². The van der Waals surface area contributed by atoms with Crippen molar-refractivity contribution in [2.75, 3.05) is 5.32 Å². The Hall–Kier alpha value is -3.61. The summed E-state index contributed by atoms with van der Waals surface area (Å²) in [7, 11) is 0. The Kier molecular flexibility index (Phi) is 4.80. The molecule has 0 saturated heterocycles. The van der Waals surface area contributed by atoms with E-state index < -0.39 is 11.6 Å². The van der Waals surface area contributed by atoms with Gasteiger partial charge in [0.15, 0.2) is 23.1 Å². The Morgan fingerprint density at radius 1 is 1.14 bits per heavy atom. The summed E-state index contributed by atoms with van der Waals surface area (Å²) in [6.45, 7) is 7.69. The molecular formula is C22H18F2N4O. The highest BCUT2D eigenvalue weighted by Gasteiger charge is 2.14. The van der Waals surface area contributed by atoms with Crippen LogP contribution >= 0.6 is 0 Å². The smallest absolute Gasteiger partial charge is 0.195 e. The van der Waals surface area contributed by atoms with E-state index in [0.717, 1.165) is 46.6 Å². The zero-order chi connectivity index (χ0) is 20.5. The van der Waals surface area contributed by atoms with Crippen LogP contribution in [-0.2, 0) is 6.42 Å². The summed E-state index contributed by atoms with van der Waals surface area (Å²) in [5, 5.41) is 2.83. The predicted octanol–water partition coefficient (Wildman–Crippen LogP) is 5.52. The molecule has 5 nitrogen and oxygen atoms in total. The number of benzene rings is 1. The zero-order valence-corrected chi connectivity index (χ0v) is 16.0. The first kappa shape index (κ1) is 18.7. The second-order valence-electron chi connectivity index (χ2n) is 6.61. The number of halogens is 2. The first-order valence-corrected chi connectivity index (χ1v) is 9.08. The molecule has 146 valence electrons. The maximum absolute atomic E-state index is 13.9. The average Bonchev–Trinajstić information content (AvgIpc) is 3.10. The van der Waals surface area contributed by atoms with Crippen molar-refractivity contribution < 1.29 is 13.2 Å². The minimum atomic E-state index is -0.790. The van der Waals surface area contributed by atoms with Gasteiger partial charge in [0.1, 0.15) is 11.3 Å². The number of aryl methyl sites for hydroxylation is 2. The van der Waals surface area contributed by atoms with Crippen LogP contribution in [0.2, 0.25) is 0 Å². The fourth-order valence-electron chi connectivity index (χ4n) is 3.13. The second kappa shape index (κ2) is 7.43. The van der Waals surface area contributed by atoms with Crippen molar-refractivity contribution in [3.8, 4) is 11.1 Å². The van der Waals surface area contributed by atoms with Crippen molar-refractivity contribution in [1.29, 1.82) is 0 Å². The molecule has 0 bridgehead atoms. The number of rotatable bonds is 5. The summed E-state index contributed by atoms with van der Waals surface area (Å²) in [5.74, 6) is -0.463. The van der Waals surface area contributed by atoms with Crippen molar-refractivity contribution in [1.82, 2.24) is 15.0 Å². The maximum atomic E-state index is 13.9. The van der Waals surface area contributed by atoms with Gasteiger partial charge in [0.05, 0.1) is 18.0 Å². The lowest BCUT2D eigenvalue weighted by molar-refractivity contribution is 0.538. The molecule has 0 saturated carbocycles. The zero-order valence-electron chi connectivity index (χ0n) is 16.0. The monoisotopic (exact) mass is 392 g/mol. The van der Waals surface area contributed by atoms with E-state index in [0.29, 0.717) is 11.7 Å². The van der Waals surface area contributed by atoms with E-state index in [-0.39, 0.29) is 11.3 Å². The lowest BCUT2D eigenvalue weighted by Crippen LogP contribution is -2.04. The van der Waals surface area contributed by atoms with Gasteiger partial charge in [-0.25, -0.2) is 18.7 Å². The van der Waals surface area contributed by atoms with Crippen molar-refractivity contribution in [3.05, 3.63) is 78.1 Å². The third kappa shape index (κ3) is 3.59.